The largest absolute Gasteiger partial charge is 0.481 e. The number of rotatable bonds is 2. The van der Waals surface area contributed by atoms with Crippen LogP contribution in [-0.2, 0) is 11.3 Å². The van der Waals surface area contributed by atoms with Gasteiger partial charge in [-0.05, 0) is 47.4 Å². The van der Waals surface area contributed by atoms with Crippen LogP contribution in [-0.4, -0.2) is 23.0 Å². The summed E-state index contributed by atoms with van der Waals surface area (Å²) < 4.78 is 5.12. The number of fused-ring (bicyclic) bond motifs is 2. The highest BCUT2D eigenvalue weighted by Gasteiger charge is 2.19. The molecule has 3 aromatic rings. The molecule has 5 heteroatoms. The number of carbonyl (C=O) groups excluding carboxylic acids is 1. The van der Waals surface area contributed by atoms with Crippen molar-refractivity contribution in [3.63, 3.8) is 0 Å². The zero-order valence-electron chi connectivity index (χ0n) is 16.1. The number of hydrogen-bond acceptors (Lipinski definition) is 4. The van der Waals surface area contributed by atoms with Gasteiger partial charge < -0.3 is 9.64 Å². The summed E-state index contributed by atoms with van der Waals surface area (Å²) in [5.74, 6) is 0.579. The fourth-order valence-electron chi connectivity index (χ4n) is 3.34. The Hall–Kier alpha value is -3.47. The number of methoxy groups -OCH3 is 1. The molecular formula is C23H21N3O2. The second kappa shape index (κ2) is 7.27. The lowest BCUT2D eigenvalue weighted by atomic mass is 10.00. The Morgan fingerprint density at radius 1 is 1.04 bits per heavy atom. The van der Waals surface area contributed by atoms with E-state index in [9.17, 15) is 4.79 Å². The highest BCUT2D eigenvalue weighted by molar-refractivity contribution is 5.95. The van der Waals surface area contributed by atoms with E-state index in [0.29, 0.717) is 12.4 Å². The maximum absolute atomic E-state index is 12.4. The normalized spacial score (nSPS) is 13.8. The van der Waals surface area contributed by atoms with Crippen molar-refractivity contribution in [3.8, 4) is 17.1 Å². The summed E-state index contributed by atoms with van der Waals surface area (Å²) in [6.07, 6.45) is 7.73. The van der Waals surface area contributed by atoms with E-state index in [1.165, 1.54) is 0 Å². The number of aryl methyl sites for hydroxylation is 1. The van der Waals surface area contributed by atoms with Gasteiger partial charge in [0.25, 0.3) is 0 Å². The van der Waals surface area contributed by atoms with E-state index in [1.54, 1.807) is 25.1 Å². The third-order valence-corrected chi connectivity index (χ3v) is 4.89. The lowest BCUT2D eigenvalue weighted by molar-refractivity contribution is -0.116. The molecule has 1 amide bonds. The third kappa shape index (κ3) is 3.39. The molecule has 0 atom stereocenters. The Morgan fingerprint density at radius 3 is 2.57 bits per heavy atom. The molecule has 2 aromatic heterocycles. The van der Waals surface area contributed by atoms with Gasteiger partial charge in [0.1, 0.15) is 0 Å². The van der Waals surface area contributed by atoms with Crippen molar-refractivity contribution >= 4 is 23.7 Å². The van der Waals surface area contributed by atoms with Gasteiger partial charge in [0, 0.05) is 30.9 Å². The minimum absolute atomic E-state index is 0.0107. The van der Waals surface area contributed by atoms with Gasteiger partial charge in [-0.25, -0.2) is 4.98 Å². The van der Waals surface area contributed by atoms with Crippen LogP contribution in [0, 0.1) is 6.92 Å². The molecule has 4 rings (SSSR count). The van der Waals surface area contributed by atoms with Gasteiger partial charge in [-0.1, -0.05) is 24.3 Å². The van der Waals surface area contributed by atoms with Gasteiger partial charge in [0.05, 0.1) is 25.0 Å². The molecule has 0 aliphatic carbocycles. The monoisotopic (exact) mass is 371 g/mol. The molecule has 0 N–H and O–H groups in total. The topological polar surface area (TPSA) is 55.3 Å². The smallest absolute Gasteiger partial charge is 0.224 e. The molecule has 0 spiro atoms. The van der Waals surface area contributed by atoms with E-state index >= 15 is 0 Å². The summed E-state index contributed by atoms with van der Waals surface area (Å²) in [7, 11) is 1.59. The molecule has 5 nitrogen and oxygen atoms in total. The number of benzene rings is 1. The first-order valence-electron chi connectivity index (χ1n) is 9.11. The van der Waals surface area contributed by atoms with Crippen molar-refractivity contribution in [2.75, 3.05) is 12.0 Å². The van der Waals surface area contributed by atoms with Crippen LogP contribution in [0.5, 0.6) is 5.88 Å². The number of amides is 1. The third-order valence-electron chi connectivity index (χ3n) is 4.89. The summed E-state index contributed by atoms with van der Waals surface area (Å²) in [5, 5.41) is 0. The van der Waals surface area contributed by atoms with Crippen molar-refractivity contribution in [3.05, 3.63) is 71.0 Å². The van der Waals surface area contributed by atoms with E-state index in [-0.39, 0.29) is 5.91 Å². The van der Waals surface area contributed by atoms with E-state index in [0.717, 1.165) is 39.2 Å². The molecule has 1 aliphatic rings. The molecule has 0 saturated heterocycles. The van der Waals surface area contributed by atoms with E-state index in [2.05, 4.69) is 40.3 Å². The number of aromatic nitrogens is 2. The van der Waals surface area contributed by atoms with Gasteiger partial charge in [-0.15, -0.1) is 0 Å². The number of nitrogens with zero attached hydrogens (tertiary/aromatic N) is 3. The van der Waals surface area contributed by atoms with Crippen LogP contribution in [0.15, 0.2) is 48.8 Å². The Bertz CT molecular complexity index is 1070. The molecule has 3 heterocycles. The lowest BCUT2D eigenvalue weighted by Crippen LogP contribution is -2.29. The number of anilines is 1. The molecule has 140 valence electrons. The number of hydrogen-bond donors (Lipinski definition) is 0. The predicted molar refractivity (Wildman–Crippen MR) is 111 cm³/mol. The van der Waals surface area contributed by atoms with Crippen LogP contribution < -0.4 is 9.64 Å². The molecule has 0 unspecified atom stereocenters. The van der Waals surface area contributed by atoms with Crippen LogP contribution in [0.3, 0.4) is 0 Å². The summed E-state index contributed by atoms with van der Waals surface area (Å²) in [6, 6.07) is 12.0. The molecule has 0 bridgehead atoms. The van der Waals surface area contributed by atoms with Crippen molar-refractivity contribution in [1.29, 1.82) is 0 Å². The Balaban J connectivity index is 1.79. The van der Waals surface area contributed by atoms with Crippen molar-refractivity contribution in [1.82, 2.24) is 9.97 Å². The average molecular weight is 371 g/mol. The first kappa shape index (κ1) is 17.9. The van der Waals surface area contributed by atoms with Crippen molar-refractivity contribution in [2.24, 2.45) is 0 Å². The van der Waals surface area contributed by atoms with Gasteiger partial charge >= 0.3 is 0 Å². The zero-order valence-corrected chi connectivity index (χ0v) is 16.1. The maximum atomic E-state index is 12.4. The Labute approximate surface area is 164 Å². The maximum Gasteiger partial charge on any atom is 0.224 e. The molecule has 28 heavy (non-hydrogen) atoms. The van der Waals surface area contributed by atoms with Crippen LogP contribution in [0.25, 0.3) is 23.4 Å². The van der Waals surface area contributed by atoms with Gasteiger partial charge in [-0.3, -0.25) is 9.78 Å². The van der Waals surface area contributed by atoms with E-state index < -0.39 is 0 Å². The number of pyridine rings is 2. The molecule has 0 radical (unpaired) electrons. The van der Waals surface area contributed by atoms with Gasteiger partial charge in [0.15, 0.2) is 0 Å². The summed E-state index contributed by atoms with van der Waals surface area (Å²) >= 11 is 0. The van der Waals surface area contributed by atoms with Crippen LogP contribution in [0.4, 0.5) is 5.69 Å². The fourth-order valence-corrected chi connectivity index (χ4v) is 3.34. The van der Waals surface area contributed by atoms with Crippen LogP contribution in [0.1, 0.15) is 29.2 Å². The van der Waals surface area contributed by atoms with Crippen LogP contribution in [0.2, 0.25) is 0 Å². The van der Waals surface area contributed by atoms with Crippen molar-refractivity contribution in [2.45, 2.75) is 20.4 Å². The van der Waals surface area contributed by atoms with Gasteiger partial charge in [0.2, 0.25) is 11.8 Å². The lowest BCUT2D eigenvalue weighted by Gasteiger charge is -2.26. The fraction of sp³-hybridized carbons (Fsp3) is 0.174. The SMILES string of the molecule is COc1ccc(-c2cc3c(cn2)CN(C(C)=O)c2cc(C)ccc2/C=C\3)cn1. The molecule has 1 aliphatic heterocycles. The summed E-state index contributed by atoms with van der Waals surface area (Å²) in [6.45, 7) is 4.12. The highest BCUT2D eigenvalue weighted by Crippen LogP contribution is 2.31. The minimum atomic E-state index is 0.0107. The second-order valence-electron chi connectivity index (χ2n) is 6.86. The van der Waals surface area contributed by atoms with E-state index in [4.69, 9.17) is 4.74 Å². The quantitative estimate of drug-likeness (QED) is 0.666. The van der Waals surface area contributed by atoms with Crippen LogP contribution >= 0.6 is 0 Å². The Morgan fingerprint density at radius 2 is 1.86 bits per heavy atom. The van der Waals surface area contributed by atoms with Crippen molar-refractivity contribution < 1.29 is 9.53 Å². The summed E-state index contributed by atoms with van der Waals surface area (Å²) in [5.41, 5.74) is 6.87. The zero-order chi connectivity index (χ0) is 19.7. The highest BCUT2D eigenvalue weighted by atomic mass is 16.5. The van der Waals surface area contributed by atoms with Gasteiger partial charge in [-0.2, -0.15) is 0 Å². The molecule has 0 saturated carbocycles. The first-order valence-corrected chi connectivity index (χ1v) is 9.11. The predicted octanol–water partition coefficient (Wildman–Crippen LogP) is 4.50. The minimum Gasteiger partial charge on any atom is -0.481 e. The number of ether oxygens (including phenoxy) is 1. The summed E-state index contributed by atoms with van der Waals surface area (Å²) in [4.78, 5) is 23.0. The van der Waals surface area contributed by atoms with E-state index in [1.807, 2.05) is 31.3 Å². The standard InChI is InChI=1S/C23H21N3O2/c1-15-4-5-17-6-7-18-11-21(19-8-9-23(28-3)25-12-19)24-13-20(18)14-26(16(2)27)22(17)10-15/h4-13H,14H2,1-3H3/b7-6-. The molecular weight excluding hydrogens is 350 g/mol. The first-order chi connectivity index (χ1) is 13.5. The average Bonchev–Trinajstić information content (AvgIpc) is 2.70. The molecule has 1 aromatic carbocycles. The molecule has 0 fully saturated rings. The Kier molecular flexibility index (Phi) is 4.65. The number of carbonyl (C=O) groups is 1. The second-order valence-corrected chi connectivity index (χ2v) is 6.86.